The Bertz CT molecular complexity index is 719. The fraction of sp³-hybridized carbons (Fsp3) is 0.870. The van der Waals surface area contributed by atoms with Crippen LogP contribution in [-0.4, -0.2) is 146 Å². The molecule has 14 heteroatoms. The van der Waals surface area contributed by atoms with Gasteiger partial charge in [0.15, 0.2) is 6.29 Å². The molecule has 0 aromatic carbocycles. The second kappa shape index (κ2) is 16.0. The van der Waals surface area contributed by atoms with Crippen LogP contribution in [0.25, 0.3) is 0 Å². The molecule has 0 aromatic rings. The van der Waals surface area contributed by atoms with E-state index in [4.69, 9.17) is 23.7 Å². The first-order valence-electron chi connectivity index (χ1n) is 12.1. The molecule has 5 atom stereocenters. The van der Waals surface area contributed by atoms with Gasteiger partial charge < -0.3 is 54.1 Å². The number of aliphatic hydroxyl groups is 3. The van der Waals surface area contributed by atoms with Gasteiger partial charge in [-0.15, -0.1) is 0 Å². The lowest BCUT2D eigenvalue weighted by Crippen LogP contribution is -2.64. The Labute approximate surface area is 217 Å². The van der Waals surface area contributed by atoms with Gasteiger partial charge in [0, 0.05) is 34.1 Å². The summed E-state index contributed by atoms with van der Waals surface area (Å²) in [4.78, 5) is 38.4. The molecular formula is C23H43N3O11. The Morgan fingerprint density at radius 3 is 2.14 bits per heavy atom. The van der Waals surface area contributed by atoms with E-state index >= 15 is 0 Å². The largest absolute Gasteiger partial charge is 0.444 e. The van der Waals surface area contributed by atoms with Crippen LogP contribution in [0.5, 0.6) is 0 Å². The normalized spacial score (nSPS) is 23.9. The van der Waals surface area contributed by atoms with E-state index in [1.807, 2.05) is 0 Å². The highest BCUT2D eigenvalue weighted by Crippen LogP contribution is 2.22. The highest BCUT2D eigenvalue weighted by Gasteiger charge is 2.45. The lowest BCUT2D eigenvalue weighted by Gasteiger charge is -2.42. The van der Waals surface area contributed by atoms with Crippen LogP contribution in [0, 0.1) is 0 Å². The predicted molar refractivity (Wildman–Crippen MR) is 129 cm³/mol. The number of hydrogen-bond donors (Lipinski definition) is 4. The highest BCUT2D eigenvalue weighted by atomic mass is 16.7. The number of likely N-dealkylation sites (N-methyl/N-ethyl adjacent to an activating group) is 2. The molecule has 1 fully saturated rings. The van der Waals surface area contributed by atoms with E-state index in [2.05, 4.69) is 5.32 Å². The summed E-state index contributed by atoms with van der Waals surface area (Å²) in [7, 11) is 3.21. The fourth-order valence-electron chi connectivity index (χ4n) is 3.18. The number of ether oxygens (including phenoxy) is 5. The van der Waals surface area contributed by atoms with Gasteiger partial charge >= 0.3 is 6.09 Å². The Morgan fingerprint density at radius 2 is 1.54 bits per heavy atom. The van der Waals surface area contributed by atoms with Gasteiger partial charge in [0.2, 0.25) is 11.8 Å². The van der Waals surface area contributed by atoms with E-state index in [1.165, 1.54) is 16.7 Å². The van der Waals surface area contributed by atoms with Crippen LogP contribution in [0.3, 0.4) is 0 Å². The van der Waals surface area contributed by atoms with E-state index in [0.29, 0.717) is 13.1 Å². The molecule has 5 unspecified atom stereocenters. The van der Waals surface area contributed by atoms with Gasteiger partial charge in [0.05, 0.1) is 33.0 Å². The van der Waals surface area contributed by atoms with Crippen molar-refractivity contribution in [2.24, 2.45) is 0 Å². The van der Waals surface area contributed by atoms with Crippen molar-refractivity contribution in [2.45, 2.75) is 63.9 Å². The first-order valence-corrected chi connectivity index (χ1v) is 12.1. The zero-order valence-electron chi connectivity index (χ0n) is 22.5. The molecule has 0 radical (unpaired) electrons. The third-order valence-corrected chi connectivity index (χ3v) is 5.26. The van der Waals surface area contributed by atoms with E-state index in [1.54, 1.807) is 34.9 Å². The van der Waals surface area contributed by atoms with Crippen molar-refractivity contribution in [3.8, 4) is 0 Å². The number of nitrogens with zero attached hydrogens (tertiary/aromatic N) is 2. The monoisotopic (exact) mass is 537 g/mol. The van der Waals surface area contributed by atoms with E-state index < -0.39 is 54.9 Å². The van der Waals surface area contributed by atoms with Crippen LogP contribution in [0.15, 0.2) is 0 Å². The van der Waals surface area contributed by atoms with Crippen LogP contribution in [0.2, 0.25) is 0 Å². The van der Waals surface area contributed by atoms with E-state index in [-0.39, 0.29) is 38.9 Å². The molecule has 1 aliphatic heterocycles. The fourth-order valence-corrected chi connectivity index (χ4v) is 3.18. The maximum Gasteiger partial charge on any atom is 0.410 e. The Hall–Kier alpha value is -2.07. The number of nitrogens with one attached hydrogen (secondary N) is 1. The SMILES string of the molecule is CC(=O)NC1C(OCCOCCOCC(=O)N(C)CCN(C)C(=O)OC(C)(C)C)OC(CO)C(O)C1O. The number of aliphatic hydroxyl groups excluding tert-OH is 3. The molecule has 4 N–H and O–H groups in total. The lowest BCUT2D eigenvalue weighted by molar-refractivity contribution is -0.272. The van der Waals surface area contributed by atoms with E-state index in [9.17, 15) is 29.7 Å². The van der Waals surface area contributed by atoms with Crippen LogP contribution in [0.1, 0.15) is 27.7 Å². The standard InChI is InChI=1S/C23H43N3O11/c1-15(28)24-18-20(31)19(30)16(13-27)36-21(18)35-12-11-33-9-10-34-14-17(29)25(5)7-8-26(6)22(32)37-23(2,3)4/h16,18-21,27,30-31H,7-14H2,1-6H3,(H,24,28). The molecule has 1 aliphatic rings. The van der Waals surface area contributed by atoms with Gasteiger partial charge in [-0.3, -0.25) is 9.59 Å². The molecule has 1 heterocycles. The summed E-state index contributed by atoms with van der Waals surface area (Å²) in [6, 6.07) is -1.02. The minimum absolute atomic E-state index is 0.0363. The number of carbonyl (C=O) groups is 3. The van der Waals surface area contributed by atoms with Crippen LogP contribution >= 0.6 is 0 Å². The molecule has 1 saturated heterocycles. The summed E-state index contributed by atoms with van der Waals surface area (Å²) in [6.07, 6.45) is -5.40. The minimum Gasteiger partial charge on any atom is -0.444 e. The van der Waals surface area contributed by atoms with Crippen molar-refractivity contribution in [1.29, 1.82) is 0 Å². The molecule has 0 aliphatic carbocycles. The van der Waals surface area contributed by atoms with Crippen molar-refractivity contribution in [1.82, 2.24) is 15.1 Å². The molecule has 3 amide bonds. The lowest BCUT2D eigenvalue weighted by atomic mass is 9.97. The van der Waals surface area contributed by atoms with Gasteiger partial charge in [0.25, 0.3) is 0 Å². The first kappa shape index (κ1) is 33.0. The molecule has 216 valence electrons. The molecule has 0 aromatic heterocycles. The molecule has 0 spiro atoms. The van der Waals surface area contributed by atoms with Crippen molar-refractivity contribution in [3.63, 3.8) is 0 Å². The summed E-state index contributed by atoms with van der Waals surface area (Å²) in [6.45, 7) is 7.04. The summed E-state index contributed by atoms with van der Waals surface area (Å²) >= 11 is 0. The number of carbonyl (C=O) groups excluding carboxylic acids is 3. The van der Waals surface area contributed by atoms with Crippen molar-refractivity contribution in [3.05, 3.63) is 0 Å². The Kier molecular flexibility index (Phi) is 14.3. The molecule has 14 nitrogen and oxygen atoms in total. The van der Waals surface area contributed by atoms with Crippen LogP contribution in [0.4, 0.5) is 4.79 Å². The third kappa shape index (κ3) is 12.3. The topological polar surface area (TPSA) is 177 Å². The summed E-state index contributed by atoms with van der Waals surface area (Å²) in [5.41, 5.74) is -0.594. The molecule has 0 bridgehead atoms. The second-order valence-corrected chi connectivity index (χ2v) is 9.69. The summed E-state index contributed by atoms with van der Waals surface area (Å²) < 4.78 is 27.0. The molecule has 37 heavy (non-hydrogen) atoms. The zero-order chi connectivity index (χ0) is 28.2. The van der Waals surface area contributed by atoms with Crippen LogP contribution < -0.4 is 5.32 Å². The zero-order valence-corrected chi connectivity index (χ0v) is 22.5. The third-order valence-electron chi connectivity index (χ3n) is 5.26. The predicted octanol–water partition coefficient (Wildman–Crippen LogP) is -1.69. The Balaban J connectivity index is 2.23. The molecular weight excluding hydrogens is 494 g/mol. The first-order chi connectivity index (χ1) is 17.3. The second-order valence-electron chi connectivity index (χ2n) is 9.69. The van der Waals surface area contributed by atoms with Crippen molar-refractivity contribution < 1.29 is 53.4 Å². The maximum atomic E-state index is 12.2. The highest BCUT2D eigenvalue weighted by molar-refractivity contribution is 5.77. The molecule has 0 saturated carbocycles. The van der Waals surface area contributed by atoms with E-state index in [0.717, 1.165) is 0 Å². The molecule has 1 rings (SSSR count). The van der Waals surface area contributed by atoms with Gasteiger partial charge in [-0.2, -0.15) is 0 Å². The van der Waals surface area contributed by atoms with Gasteiger partial charge in [-0.25, -0.2) is 4.79 Å². The average Bonchev–Trinajstić information content (AvgIpc) is 2.81. The van der Waals surface area contributed by atoms with Crippen molar-refractivity contribution in [2.75, 3.05) is 66.8 Å². The van der Waals surface area contributed by atoms with Gasteiger partial charge in [-0.05, 0) is 20.8 Å². The number of hydrogen-bond acceptors (Lipinski definition) is 11. The summed E-state index contributed by atoms with van der Waals surface area (Å²) in [5.74, 6) is -0.696. The maximum absolute atomic E-state index is 12.2. The number of amides is 3. The Morgan fingerprint density at radius 1 is 0.946 bits per heavy atom. The van der Waals surface area contributed by atoms with Crippen molar-refractivity contribution >= 4 is 17.9 Å². The van der Waals surface area contributed by atoms with Crippen LogP contribution in [-0.2, 0) is 33.3 Å². The number of rotatable bonds is 14. The smallest absolute Gasteiger partial charge is 0.410 e. The minimum atomic E-state index is -1.39. The summed E-state index contributed by atoms with van der Waals surface area (Å²) in [5, 5.41) is 32.0. The van der Waals surface area contributed by atoms with Gasteiger partial charge in [-0.1, -0.05) is 0 Å². The van der Waals surface area contributed by atoms with Gasteiger partial charge in [0.1, 0.15) is 36.6 Å². The average molecular weight is 538 g/mol. The quantitative estimate of drug-likeness (QED) is 0.186.